The van der Waals surface area contributed by atoms with Crippen molar-refractivity contribution in [1.29, 1.82) is 0 Å². The van der Waals surface area contributed by atoms with Crippen LogP contribution in [0, 0.1) is 0 Å². The van der Waals surface area contributed by atoms with Crippen LogP contribution >= 0.6 is 0 Å². The highest BCUT2D eigenvalue weighted by Gasteiger charge is 2.33. The maximum atomic E-state index is 13.4. The van der Waals surface area contributed by atoms with Crippen molar-refractivity contribution >= 4 is 29.3 Å². The Bertz CT molecular complexity index is 1490. The molecule has 4 aromatic rings. The highest BCUT2D eigenvalue weighted by atomic mass is 19.4. The molecular formula is C28H22F3N5O2. The average molecular weight is 518 g/mol. The topological polar surface area (TPSA) is 87.2 Å². The number of amides is 2. The summed E-state index contributed by atoms with van der Waals surface area (Å²) >= 11 is 0. The van der Waals surface area contributed by atoms with Crippen LogP contribution in [0.2, 0.25) is 0 Å². The number of Topliss-reactive ketones (excluding diaryl/α,β-unsaturated/α-hetero) is 1. The summed E-state index contributed by atoms with van der Waals surface area (Å²) in [7, 11) is 0. The van der Waals surface area contributed by atoms with Crippen LogP contribution in [0.25, 0.3) is 22.3 Å². The first-order valence-electron chi connectivity index (χ1n) is 11.8. The molecule has 38 heavy (non-hydrogen) atoms. The van der Waals surface area contributed by atoms with Gasteiger partial charge in [0, 0.05) is 24.8 Å². The number of carbonyl (C=O) groups excluding carboxylic acids is 2. The monoisotopic (exact) mass is 517 g/mol. The van der Waals surface area contributed by atoms with Crippen molar-refractivity contribution in [3.63, 3.8) is 0 Å². The van der Waals surface area contributed by atoms with Crippen molar-refractivity contribution < 1.29 is 22.8 Å². The summed E-state index contributed by atoms with van der Waals surface area (Å²) in [5.74, 6) is 0.778. The lowest BCUT2D eigenvalue weighted by Gasteiger charge is -2.15. The SMILES string of the molecule is O=C1CCN(c2nccc(NC(=O)Nc3cccc(-c4ccc(-c5ccccc5C(F)(F)F)cc4)c3)n2)C1. The summed E-state index contributed by atoms with van der Waals surface area (Å²) in [4.78, 5) is 34.4. The third kappa shape index (κ3) is 5.64. The predicted molar refractivity (Wildman–Crippen MR) is 139 cm³/mol. The number of rotatable bonds is 5. The molecule has 0 saturated carbocycles. The van der Waals surface area contributed by atoms with E-state index in [0.717, 1.165) is 17.2 Å². The van der Waals surface area contributed by atoms with Crippen LogP contribution in [0.3, 0.4) is 0 Å². The Morgan fingerprint density at radius 2 is 1.63 bits per heavy atom. The van der Waals surface area contributed by atoms with Gasteiger partial charge in [0.2, 0.25) is 5.95 Å². The molecule has 3 aromatic carbocycles. The zero-order valence-electron chi connectivity index (χ0n) is 20.0. The standard InChI is InChI=1S/C28H22F3N5O2/c29-28(30,31)24-7-2-1-6-23(24)19-10-8-18(9-11-19)20-4-3-5-21(16-20)33-27(38)35-25-12-14-32-26(34-25)36-15-13-22(37)17-36/h1-12,14,16H,13,15,17H2,(H2,32,33,34,35,38). The van der Waals surface area contributed by atoms with Gasteiger partial charge in [-0.3, -0.25) is 10.1 Å². The van der Waals surface area contributed by atoms with Gasteiger partial charge in [-0.25, -0.2) is 9.78 Å². The Balaban J connectivity index is 1.28. The lowest BCUT2D eigenvalue weighted by atomic mass is 9.96. The summed E-state index contributed by atoms with van der Waals surface area (Å²) in [6, 6.07) is 20.4. The predicted octanol–water partition coefficient (Wildman–Crippen LogP) is 6.25. The minimum atomic E-state index is -4.45. The van der Waals surface area contributed by atoms with Gasteiger partial charge in [-0.15, -0.1) is 0 Å². The van der Waals surface area contributed by atoms with E-state index in [1.165, 1.54) is 18.3 Å². The number of urea groups is 1. The number of carbonyl (C=O) groups is 2. The molecule has 1 saturated heterocycles. The Morgan fingerprint density at radius 3 is 2.37 bits per heavy atom. The van der Waals surface area contributed by atoms with Crippen molar-refractivity contribution in [2.75, 3.05) is 28.6 Å². The molecule has 1 aliphatic heterocycles. The number of alkyl halides is 3. The molecule has 5 rings (SSSR count). The number of ketones is 1. The zero-order valence-corrected chi connectivity index (χ0v) is 20.0. The summed E-state index contributed by atoms with van der Waals surface area (Å²) in [6.07, 6.45) is -2.49. The van der Waals surface area contributed by atoms with Crippen LogP contribution in [0.5, 0.6) is 0 Å². The fourth-order valence-electron chi connectivity index (χ4n) is 4.25. The van der Waals surface area contributed by atoms with Gasteiger partial charge in [0.05, 0.1) is 12.1 Å². The van der Waals surface area contributed by atoms with Crippen LogP contribution in [0.1, 0.15) is 12.0 Å². The van der Waals surface area contributed by atoms with Gasteiger partial charge in [0.25, 0.3) is 0 Å². The van der Waals surface area contributed by atoms with Gasteiger partial charge in [0.1, 0.15) is 5.82 Å². The summed E-state index contributed by atoms with van der Waals surface area (Å²) < 4.78 is 40.2. The van der Waals surface area contributed by atoms with E-state index in [9.17, 15) is 22.8 Å². The van der Waals surface area contributed by atoms with Crippen LogP contribution in [0.4, 0.5) is 35.4 Å². The Labute approximate surface area is 216 Å². The summed E-state index contributed by atoms with van der Waals surface area (Å²) in [5.41, 5.74) is 1.96. The first-order chi connectivity index (χ1) is 18.3. The molecule has 1 aromatic heterocycles. The van der Waals surface area contributed by atoms with Crippen molar-refractivity contribution in [2.24, 2.45) is 0 Å². The normalized spacial score (nSPS) is 13.4. The minimum Gasteiger partial charge on any atom is -0.333 e. The quantitative estimate of drug-likeness (QED) is 0.327. The maximum absolute atomic E-state index is 13.4. The smallest absolute Gasteiger partial charge is 0.333 e. The number of benzene rings is 3. The molecule has 0 spiro atoms. The van der Waals surface area contributed by atoms with E-state index in [0.29, 0.717) is 30.2 Å². The number of hydrogen-bond acceptors (Lipinski definition) is 5. The molecule has 2 amide bonds. The lowest BCUT2D eigenvalue weighted by Crippen LogP contribution is -2.24. The Hall–Kier alpha value is -4.73. The van der Waals surface area contributed by atoms with Crippen molar-refractivity contribution in [3.05, 3.63) is 90.6 Å². The second kappa shape index (κ2) is 10.3. The molecule has 0 aliphatic carbocycles. The van der Waals surface area contributed by atoms with Crippen LogP contribution in [-0.2, 0) is 11.0 Å². The maximum Gasteiger partial charge on any atom is 0.417 e. The van der Waals surface area contributed by atoms with Gasteiger partial charge in [-0.2, -0.15) is 18.2 Å². The largest absolute Gasteiger partial charge is 0.417 e. The number of hydrogen-bond donors (Lipinski definition) is 2. The molecule has 10 heteroatoms. The van der Waals surface area contributed by atoms with Gasteiger partial charge in [0.15, 0.2) is 5.78 Å². The number of nitrogens with one attached hydrogen (secondary N) is 2. The van der Waals surface area contributed by atoms with Crippen LogP contribution in [-0.4, -0.2) is 34.9 Å². The van der Waals surface area contributed by atoms with E-state index in [4.69, 9.17) is 0 Å². The van der Waals surface area contributed by atoms with Gasteiger partial charge in [-0.05, 0) is 46.5 Å². The molecular weight excluding hydrogens is 495 g/mol. The Morgan fingerprint density at radius 1 is 0.868 bits per heavy atom. The molecule has 0 bridgehead atoms. The second-order valence-electron chi connectivity index (χ2n) is 8.73. The van der Waals surface area contributed by atoms with Crippen LogP contribution in [0.15, 0.2) is 85.1 Å². The average Bonchev–Trinajstić information content (AvgIpc) is 3.35. The number of anilines is 3. The van der Waals surface area contributed by atoms with E-state index in [-0.39, 0.29) is 23.7 Å². The second-order valence-corrected chi connectivity index (χ2v) is 8.73. The molecule has 2 heterocycles. The molecule has 192 valence electrons. The summed E-state index contributed by atoms with van der Waals surface area (Å²) in [6.45, 7) is 0.787. The third-order valence-corrected chi connectivity index (χ3v) is 6.08. The highest BCUT2D eigenvalue weighted by Crippen LogP contribution is 2.37. The number of nitrogens with zero attached hydrogens (tertiary/aromatic N) is 3. The minimum absolute atomic E-state index is 0.114. The summed E-state index contributed by atoms with van der Waals surface area (Å²) in [5, 5.41) is 5.42. The van der Waals surface area contributed by atoms with Gasteiger partial charge >= 0.3 is 12.2 Å². The van der Waals surface area contributed by atoms with E-state index < -0.39 is 17.8 Å². The molecule has 1 aliphatic rings. The van der Waals surface area contributed by atoms with Crippen LogP contribution < -0.4 is 15.5 Å². The molecule has 0 unspecified atom stereocenters. The molecule has 0 atom stereocenters. The fourth-order valence-corrected chi connectivity index (χ4v) is 4.25. The fraction of sp³-hybridized carbons (Fsp3) is 0.143. The van der Waals surface area contributed by atoms with E-state index in [1.807, 2.05) is 6.07 Å². The molecule has 2 N–H and O–H groups in total. The van der Waals surface area contributed by atoms with Gasteiger partial charge in [-0.1, -0.05) is 54.6 Å². The lowest BCUT2D eigenvalue weighted by molar-refractivity contribution is -0.137. The molecule has 7 nitrogen and oxygen atoms in total. The first-order valence-corrected chi connectivity index (χ1v) is 11.8. The highest BCUT2D eigenvalue weighted by molar-refractivity contribution is 5.99. The van der Waals surface area contributed by atoms with Crippen molar-refractivity contribution in [2.45, 2.75) is 12.6 Å². The van der Waals surface area contributed by atoms with E-state index >= 15 is 0 Å². The van der Waals surface area contributed by atoms with E-state index in [2.05, 4.69) is 20.6 Å². The number of halogens is 3. The van der Waals surface area contributed by atoms with Gasteiger partial charge < -0.3 is 10.2 Å². The van der Waals surface area contributed by atoms with Crippen molar-refractivity contribution in [3.8, 4) is 22.3 Å². The Kier molecular flexibility index (Phi) is 6.78. The van der Waals surface area contributed by atoms with Crippen molar-refractivity contribution in [1.82, 2.24) is 9.97 Å². The first kappa shape index (κ1) is 24.9. The molecule has 1 fully saturated rings. The van der Waals surface area contributed by atoms with E-state index in [1.54, 1.807) is 59.5 Å². The number of aromatic nitrogens is 2. The zero-order chi connectivity index (χ0) is 26.7. The molecule has 0 radical (unpaired) electrons. The third-order valence-electron chi connectivity index (χ3n) is 6.08.